The number of ether oxygens (including phenoxy) is 1. The predicted molar refractivity (Wildman–Crippen MR) is 54.9 cm³/mol. The maximum atomic E-state index is 13.5. The van der Waals surface area contributed by atoms with Crippen molar-refractivity contribution in [1.29, 1.82) is 0 Å². The molecule has 0 aliphatic carbocycles. The molecule has 2 atom stereocenters. The van der Waals surface area contributed by atoms with Crippen LogP contribution in [0.2, 0.25) is 0 Å². The van der Waals surface area contributed by atoms with Gasteiger partial charge in [-0.1, -0.05) is 0 Å². The number of aromatic nitrogens is 1. The standard InChI is InChI=1S/C11H15FN2O/c1-13-11(8-3-5-15-7-8)9-2-4-14-6-10(9)12/h2,4,6,8,11,13H,3,5,7H2,1H3. The number of pyridine rings is 1. The molecule has 0 spiro atoms. The van der Waals surface area contributed by atoms with Crippen LogP contribution in [0.5, 0.6) is 0 Å². The molecule has 1 N–H and O–H groups in total. The van der Waals surface area contributed by atoms with Gasteiger partial charge in [-0.05, 0) is 19.5 Å². The van der Waals surface area contributed by atoms with Crippen LogP contribution in [-0.4, -0.2) is 25.2 Å². The summed E-state index contributed by atoms with van der Waals surface area (Å²) in [5, 5.41) is 3.15. The van der Waals surface area contributed by atoms with Gasteiger partial charge in [0.05, 0.1) is 12.8 Å². The summed E-state index contributed by atoms with van der Waals surface area (Å²) in [6, 6.07) is 1.75. The normalized spacial score (nSPS) is 22.9. The van der Waals surface area contributed by atoms with Gasteiger partial charge >= 0.3 is 0 Å². The Kier molecular flexibility index (Phi) is 3.28. The maximum Gasteiger partial charge on any atom is 0.146 e. The van der Waals surface area contributed by atoms with Crippen LogP contribution in [0.1, 0.15) is 18.0 Å². The summed E-state index contributed by atoms with van der Waals surface area (Å²) < 4.78 is 18.9. The predicted octanol–water partition coefficient (Wildman–Crippen LogP) is 1.52. The Balaban J connectivity index is 2.22. The second-order valence-corrected chi connectivity index (χ2v) is 3.79. The Morgan fingerprint density at radius 1 is 1.67 bits per heavy atom. The highest BCUT2D eigenvalue weighted by Gasteiger charge is 2.27. The van der Waals surface area contributed by atoms with E-state index in [0.29, 0.717) is 18.1 Å². The Morgan fingerprint density at radius 3 is 3.13 bits per heavy atom. The second kappa shape index (κ2) is 4.68. The van der Waals surface area contributed by atoms with Crippen LogP contribution >= 0.6 is 0 Å². The highest BCUT2D eigenvalue weighted by molar-refractivity contribution is 5.18. The minimum absolute atomic E-state index is 0.0236. The summed E-state index contributed by atoms with van der Waals surface area (Å²) in [6.07, 6.45) is 3.86. The van der Waals surface area contributed by atoms with Gasteiger partial charge in [-0.2, -0.15) is 0 Å². The molecule has 82 valence electrons. The fraction of sp³-hybridized carbons (Fsp3) is 0.545. The molecule has 3 nitrogen and oxygen atoms in total. The van der Waals surface area contributed by atoms with Crippen LogP contribution in [0.3, 0.4) is 0 Å². The molecular weight excluding hydrogens is 195 g/mol. The molecule has 1 aromatic rings. The van der Waals surface area contributed by atoms with Crippen molar-refractivity contribution in [2.75, 3.05) is 20.3 Å². The van der Waals surface area contributed by atoms with Crippen molar-refractivity contribution in [3.05, 3.63) is 29.8 Å². The Bertz CT molecular complexity index is 326. The van der Waals surface area contributed by atoms with Crippen molar-refractivity contribution < 1.29 is 9.13 Å². The third kappa shape index (κ3) is 2.16. The molecule has 0 aromatic carbocycles. The first kappa shape index (κ1) is 10.5. The molecule has 0 bridgehead atoms. The van der Waals surface area contributed by atoms with E-state index in [1.165, 1.54) is 6.20 Å². The molecule has 1 aromatic heterocycles. The van der Waals surface area contributed by atoms with Crippen molar-refractivity contribution in [2.45, 2.75) is 12.5 Å². The van der Waals surface area contributed by atoms with Gasteiger partial charge in [-0.25, -0.2) is 4.39 Å². The van der Waals surface area contributed by atoms with Crippen LogP contribution in [0, 0.1) is 11.7 Å². The third-order valence-corrected chi connectivity index (χ3v) is 2.89. The zero-order valence-corrected chi connectivity index (χ0v) is 8.74. The summed E-state index contributed by atoms with van der Waals surface area (Å²) in [4.78, 5) is 3.75. The number of rotatable bonds is 3. The lowest BCUT2D eigenvalue weighted by atomic mass is 9.93. The lowest BCUT2D eigenvalue weighted by Crippen LogP contribution is -2.26. The number of hydrogen-bond donors (Lipinski definition) is 1. The summed E-state index contributed by atoms with van der Waals surface area (Å²) in [7, 11) is 1.85. The zero-order valence-electron chi connectivity index (χ0n) is 8.74. The molecule has 2 rings (SSSR count). The Morgan fingerprint density at radius 2 is 2.53 bits per heavy atom. The van der Waals surface area contributed by atoms with Gasteiger partial charge in [0.25, 0.3) is 0 Å². The first-order valence-corrected chi connectivity index (χ1v) is 5.17. The molecule has 0 amide bonds. The largest absolute Gasteiger partial charge is 0.381 e. The van der Waals surface area contributed by atoms with Gasteiger partial charge in [0.15, 0.2) is 0 Å². The molecule has 1 aliphatic rings. The topological polar surface area (TPSA) is 34.2 Å². The molecule has 1 aliphatic heterocycles. The van der Waals surface area contributed by atoms with Crippen LogP contribution < -0.4 is 5.32 Å². The SMILES string of the molecule is CNC(c1ccncc1F)C1CCOC1. The quantitative estimate of drug-likeness (QED) is 0.821. The maximum absolute atomic E-state index is 13.5. The third-order valence-electron chi connectivity index (χ3n) is 2.89. The highest BCUT2D eigenvalue weighted by atomic mass is 19.1. The van der Waals surface area contributed by atoms with E-state index in [-0.39, 0.29) is 11.9 Å². The molecule has 15 heavy (non-hydrogen) atoms. The van der Waals surface area contributed by atoms with E-state index in [2.05, 4.69) is 10.3 Å². The number of nitrogens with zero attached hydrogens (tertiary/aromatic N) is 1. The van der Waals surface area contributed by atoms with Gasteiger partial charge in [0.2, 0.25) is 0 Å². The average molecular weight is 210 g/mol. The van der Waals surface area contributed by atoms with Gasteiger partial charge in [0, 0.05) is 30.3 Å². The van der Waals surface area contributed by atoms with E-state index in [4.69, 9.17) is 4.74 Å². The Labute approximate surface area is 88.7 Å². The first-order chi connectivity index (χ1) is 7.33. The zero-order chi connectivity index (χ0) is 10.7. The smallest absolute Gasteiger partial charge is 0.146 e. The lowest BCUT2D eigenvalue weighted by Gasteiger charge is -2.22. The lowest BCUT2D eigenvalue weighted by molar-refractivity contribution is 0.177. The van der Waals surface area contributed by atoms with E-state index in [9.17, 15) is 4.39 Å². The minimum atomic E-state index is -0.247. The van der Waals surface area contributed by atoms with Crippen molar-refractivity contribution >= 4 is 0 Å². The summed E-state index contributed by atoms with van der Waals surface area (Å²) in [5.41, 5.74) is 0.683. The van der Waals surface area contributed by atoms with Crippen LogP contribution in [0.15, 0.2) is 18.5 Å². The molecule has 1 fully saturated rings. The van der Waals surface area contributed by atoms with Crippen molar-refractivity contribution in [2.24, 2.45) is 5.92 Å². The van der Waals surface area contributed by atoms with Crippen molar-refractivity contribution in [3.8, 4) is 0 Å². The fourth-order valence-electron chi connectivity index (χ4n) is 2.10. The molecule has 0 saturated carbocycles. The monoisotopic (exact) mass is 210 g/mol. The van der Waals surface area contributed by atoms with Gasteiger partial charge in [-0.15, -0.1) is 0 Å². The van der Waals surface area contributed by atoms with Gasteiger partial charge in [0.1, 0.15) is 5.82 Å². The molecule has 1 saturated heterocycles. The van der Waals surface area contributed by atoms with Crippen molar-refractivity contribution in [3.63, 3.8) is 0 Å². The van der Waals surface area contributed by atoms with Crippen LogP contribution in [0.4, 0.5) is 4.39 Å². The average Bonchev–Trinajstić information content (AvgIpc) is 2.75. The van der Waals surface area contributed by atoms with Crippen molar-refractivity contribution in [1.82, 2.24) is 10.3 Å². The summed E-state index contributed by atoms with van der Waals surface area (Å²) in [6.45, 7) is 1.48. The molecule has 2 unspecified atom stereocenters. The first-order valence-electron chi connectivity index (χ1n) is 5.17. The summed E-state index contributed by atoms with van der Waals surface area (Å²) >= 11 is 0. The highest BCUT2D eigenvalue weighted by Crippen LogP contribution is 2.29. The molecule has 0 radical (unpaired) electrons. The van der Waals surface area contributed by atoms with E-state index in [0.717, 1.165) is 13.0 Å². The number of halogens is 1. The minimum Gasteiger partial charge on any atom is -0.381 e. The van der Waals surface area contributed by atoms with Gasteiger partial charge in [-0.3, -0.25) is 4.98 Å². The van der Waals surface area contributed by atoms with Crippen LogP contribution in [-0.2, 0) is 4.74 Å². The number of nitrogens with one attached hydrogen (secondary N) is 1. The fourth-order valence-corrected chi connectivity index (χ4v) is 2.10. The molecule has 2 heterocycles. The van der Waals surface area contributed by atoms with E-state index >= 15 is 0 Å². The Hall–Kier alpha value is -1.00. The van der Waals surface area contributed by atoms with E-state index < -0.39 is 0 Å². The molecule has 4 heteroatoms. The van der Waals surface area contributed by atoms with Crippen LogP contribution in [0.25, 0.3) is 0 Å². The number of hydrogen-bond acceptors (Lipinski definition) is 3. The molecular formula is C11H15FN2O. The van der Waals surface area contributed by atoms with Gasteiger partial charge < -0.3 is 10.1 Å². The second-order valence-electron chi connectivity index (χ2n) is 3.79. The summed E-state index contributed by atoms with van der Waals surface area (Å²) in [5.74, 6) is 0.107. The van der Waals surface area contributed by atoms with E-state index in [1.807, 2.05) is 7.05 Å². The van der Waals surface area contributed by atoms with E-state index in [1.54, 1.807) is 12.3 Å².